The van der Waals surface area contributed by atoms with Crippen LogP contribution in [0.15, 0.2) is 48.5 Å². The number of nitrogens with zero attached hydrogens (tertiary/aromatic N) is 1. The Morgan fingerprint density at radius 3 is 2.82 bits per heavy atom. The molecule has 2 heterocycles. The molecule has 2 aliphatic heterocycles. The van der Waals surface area contributed by atoms with Crippen molar-refractivity contribution < 1.29 is 9.18 Å². The molecule has 0 radical (unpaired) electrons. The molecule has 2 aromatic carbocycles. The number of likely N-dealkylation sites (tertiary alicyclic amines) is 1. The molecule has 3 unspecified atom stereocenters. The van der Waals surface area contributed by atoms with E-state index in [-0.39, 0.29) is 29.2 Å². The second-order valence-electron chi connectivity index (χ2n) is 7.32. The zero-order valence-corrected chi connectivity index (χ0v) is 17.0. The van der Waals surface area contributed by atoms with Gasteiger partial charge in [-0.3, -0.25) is 15.0 Å². The highest BCUT2D eigenvalue weighted by Gasteiger charge is 2.39. The normalized spacial score (nSPS) is 25.2. The van der Waals surface area contributed by atoms with Crippen LogP contribution in [0.25, 0.3) is 0 Å². The lowest BCUT2D eigenvalue weighted by Gasteiger charge is -2.43. The molecule has 4 nitrogen and oxygen atoms in total. The Morgan fingerprint density at radius 2 is 2.04 bits per heavy atom. The number of carbonyl (C=O) groups is 1. The van der Waals surface area contributed by atoms with E-state index >= 15 is 0 Å². The summed E-state index contributed by atoms with van der Waals surface area (Å²) < 4.78 is 13.2. The van der Waals surface area contributed by atoms with E-state index in [0.29, 0.717) is 10.8 Å². The number of amides is 1. The molecule has 0 saturated carbocycles. The molecule has 2 saturated heterocycles. The van der Waals surface area contributed by atoms with Gasteiger partial charge in [-0.05, 0) is 29.7 Å². The van der Waals surface area contributed by atoms with Crippen LogP contribution in [0, 0.1) is 11.7 Å². The van der Waals surface area contributed by atoms with Crippen LogP contribution < -0.4 is 10.6 Å². The largest absolute Gasteiger partial charge is 0.331 e. The monoisotopic (exact) mass is 419 g/mol. The fourth-order valence-corrected chi connectivity index (χ4v) is 5.23. The summed E-state index contributed by atoms with van der Waals surface area (Å²) in [7, 11) is 0. The molecule has 0 aromatic heterocycles. The topological polar surface area (TPSA) is 44.4 Å². The molecule has 3 atom stereocenters. The SMILES string of the molecule is O=C1NC(SCc2ccc(F)cc2Cl)NC2CCN(Cc3ccccc3)CC12. The maximum absolute atomic E-state index is 13.2. The molecule has 7 heteroatoms. The Bertz CT molecular complexity index is 838. The molecular formula is C21H23ClFN3OS. The zero-order chi connectivity index (χ0) is 19.5. The first-order valence-corrected chi connectivity index (χ1v) is 10.9. The van der Waals surface area contributed by atoms with Crippen molar-refractivity contribution in [3.8, 4) is 0 Å². The molecule has 2 fully saturated rings. The Labute approximate surface area is 173 Å². The maximum atomic E-state index is 13.2. The van der Waals surface area contributed by atoms with Crippen LogP contribution in [0.5, 0.6) is 0 Å². The highest BCUT2D eigenvalue weighted by Crippen LogP contribution is 2.28. The fraction of sp³-hybridized carbons (Fsp3) is 0.381. The van der Waals surface area contributed by atoms with Crippen molar-refractivity contribution in [3.63, 3.8) is 0 Å². The van der Waals surface area contributed by atoms with Gasteiger partial charge in [-0.1, -0.05) is 48.0 Å². The molecule has 4 rings (SSSR count). The number of rotatable bonds is 5. The van der Waals surface area contributed by atoms with Gasteiger partial charge >= 0.3 is 0 Å². The summed E-state index contributed by atoms with van der Waals surface area (Å²) in [4.78, 5) is 15.0. The minimum atomic E-state index is -0.340. The third-order valence-electron chi connectivity index (χ3n) is 5.34. The van der Waals surface area contributed by atoms with Gasteiger partial charge in [0.1, 0.15) is 11.3 Å². The average molecular weight is 420 g/mol. The first-order chi connectivity index (χ1) is 13.6. The number of benzene rings is 2. The summed E-state index contributed by atoms with van der Waals surface area (Å²) in [5, 5.41) is 7.05. The fourth-order valence-electron chi connectivity index (χ4n) is 3.84. The van der Waals surface area contributed by atoms with Gasteiger partial charge in [0.05, 0.1) is 5.92 Å². The van der Waals surface area contributed by atoms with Crippen LogP contribution in [0.3, 0.4) is 0 Å². The number of hydrogen-bond acceptors (Lipinski definition) is 4. The maximum Gasteiger partial charge on any atom is 0.227 e. The number of nitrogens with one attached hydrogen (secondary N) is 2. The Balaban J connectivity index is 1.32. The number of thioether (sulfide) groups is 1. The molecule has 2 N–H and O–H groups in total. The molecule has 148 valence electrons. The first-order valence-electron chi connectivity index (χ1n) is 9.47. The molecule has 0 bridgehead atoms. The third-order valence-corrected chi connectivity index (χ3v) is 6.76. The van der Waals surface area contributed by atoms with Crippen LogP contribution in [0.1, 0.15) is 17.5 Å². The predicted molar refractivity (Wildman–Crippen MR) is 111 cm³/mol. The van der Waals surface area contributed by atoms with E-state index in [1.165, 1.54) is 17.7 Å². The minimum Gasteiger partial charge on any atom is -0.331 e. The molecule has 1 amide bonds. The summed E-state index contributed by atoms with van der Waals surface area (Å²) in [6, 6.07) is 15.0. The third kappa shape index (κ3) is 4.69. The number of halogens is 2. The lowest BCUT2D eigenvalue weighted by Crippen LogP contribution is -2.64. The number of fused-ring (bicyclic) bond motifs is 1. The number of hydrogen-bond donors (Lipinski definition) is 2. The highest BCUT2D eigenvalue weighted by atomic mass is 35.5. The Morgan fingerprint density at radius 1 is 1.21 bits per heavy atom. The summed E-state index contributed by atoms with van der Waals surface area (Å²) in [5.74, 6) is 0.329. The Kier molecular flexibility index (Phi) is 6.21. The summed E-state index contributed by atoms with van der Waals surface area (Å²) in [5.41, 5.74) is 1.98. The summed E-state index contributed by atoms with van der Waals surface area (Å²) in [6.45, 7) is 2.61. The molecule has 0 spiro atoms. The second-order valence-corrected chi connectivity index (χ2v) is 8.83. The van der Waals surface area contributed by atoms with Gasteiger partial charge in [-0.25, -0.2) is 4.39 Å². The second kappa shape index (κ2) is 8.82. The van der Waals surface area contributed by atoms with E-state index in [9.17, 15) is 9.18 Å². The van der Waals surface area contributed by atoms with Crippen molar-refractivity contribution in [2.75, 3.05) is 13.1 Å². The van der Waals surface area contributed by atoms with Crippen molar-refractivity contribution in [2.45, 2.75) is 30.3 Å². The molecule has 28 heavy (non-hydrogen) atoms. The van der Waals surface area contributed by atoms with Crippen molar-refractivity contribution in [1.29, 1.82) is 0 Å². The van der Waals surface area contributed by atoms with E-state index < -0.39 is 0 Å². The number of piperidine rings is 1. The lowest BCUT2D eigenvalue weighted by atomic mass is 9.89. The minimum absolute atomic E-state index is 0.0382. The van der Waals surface area contributed by atoms with Crippen LogP contribution in [-0.4, -0.2) is 35.4 Å². The summed E-state index contributed by atoms with van der Waals surface area (Å²) in [6.07, 6.45) is 0.944. The van der Waals surface area contributed by atoms with Crippen molar-refractivity contribution in [2.24, 2.45) is 5.92 Å². The van der Waals surface area contributed by atoms with Gasteiger partial charge in [-0.15, -0.1) is 11.8 Å². The van der Waals surface area contributed by atoms with E-state index in [1.54, 1.807) is 17.8 Å². The Hall–Kier alpha value is -1.60. The van der Waals surface area contributed by atoms with Gasteiger partial charge in [0.15, 0.2) is 0 Å². The summed E-state index contributed by atoms with van der Waals surface area (Å²) >= 11 is 7.67. The van der Waals surface area contributed by atoms with Gasteiger partial charge in [0, 0.05) is 36.5 Å². The highest BCUT2D eigenvalue weighted by molar-refractivity contribution is 7.99. The standard InChI is InChI=1S/C21H23ClFN3OS/c22-18-10-16(23)7-6-15(18)13-28-21-24-19-8-9-26(12-17(19)20(27)25-21)11-14-4-2-1-3-5-14/h1-7,10,17,19,21,24H,8-9,11-13H2,(H,25,27). The van der Waals surface area contributed by atoms with E-state index in [4.69, 9.17) is 11.6 Å². The first kappa shape index (κ1) is 19.7. The van der Waals surface area contributed by atoms with Crippen molar-refractivity contribution >= 4 is 29.3 Å². The average Bonchev–Trinajstić information content (AvgIpc) is 2.69. The van der Waals surface area contributed by atoms with E-state index in [1.807, 2.05) is 18.2 Å². The quantitative estimate of drug-likeness (QED) is 0.777. The lowest BCUT2D eigenvalue weighted by molar-refractivity contribution is -0.130. The van der Waals surface area contributed by atoms with Crippen LogP contribution in [0.4, 0.5) is 4.39 Å². The van der Waals surface area contributed by atoms with Crippen LogP contribution in [0.2, 0.25) is 5.02 Å². The van der Waals surface area contributed by atoms with Crippen molar-refractivity contribution in [1.82, 2.24) is 15.5 Å². The molecule has 0 aliphatic carbocycles. The van der Waals surface area contributed by atoms with Gasteiger partial charge in [0.2, 0.25) is 5.91 Å². The van der Waals surface area contributed by atoms with Gasteiger partial charge in [-0.2, -0.15) is 0 Å². The molecule has 2 aliphatic rings. The van der Waals surface area contributed by atoms with E-state index in [2.05, 4.69) is 27.7 Å². The van der Waals surface area contributed by atoms with Gasteiger partial charge in [0.25, 0.3) is 0 Å². The predicted octanol–water partition coefficient (Wildman–Crippen LogP) is 3.61. The smallest absolute Gasteiger partial charge is 0.227 e. The molecular weight excluding hydrogens is 397 g/mol. The van der Waals surface area contributed by atoms with E-state index in [0.717, 1.165) is 31.6 Å². The molecule has 2 aromatic rings. The number of carbonyl (C=O) groups excluding carboxylic acids is 1. The van der Waals surface area contributed by atoms with Gasteiger partial charge < -0.3 is 5.32 Å². The zero-order valence-electron chi connectivity index (χ0n) is 15.4. The van der Waals surface area contributed by atoms with Crippen LogP contribution >= 0.6 is 23.4 Å². The van der Waals surface area contributed by atoms with Crippen LogP contribution in [-0.2, 0) is 17.1 Å². The van der Waals surface area contributed by atoms with Crippen molar-refractivity contribution in [3.05, 3.63) is 70.5 Å².